The number of benzene rings is 2. The lowest BCUT2D eigenvalue weighted by molar-refractivity contribution is 0.262. The van der Waals surface area contributed by atoms with Crippen molar-refractivity contribution in [2.75, 3.05) is 10.6 Å². The molecule has 2 aromatic carbocycles. The summed E-state index contributed by atoms with van der Waals surface area (Å²) >= 11 is 0. The maximum Gasteiger partial charge on any atom is 0.326 e. The summed E-state index contributed by atoms with van der Waals surface area (Å²) in [6, 6.07) is 26.6. The summed E-state index contributed by atoms with van der Waals surface area (Å²) in [7, 11) is 0. The number of nitrogens with one attached hydrogen (secondary N) is 2. The highest BCUT2D eigenvalue weighted by Crippen LogP contribution is 2.30. The predicted octanol–water partition coefficient (Wildman–Crippen LogP) is 5.36. The minimum atomic E-state index is -0.411. The fourth-order valence-electron chi connectivity index (χ4n) is 3.96. The van der Waals surface area contributed by atoms with Gasteiger partial charge in [0.1, 0.15) is 28.7 Å². The van der Waals surface area contributed by atoms with Crippen molar-refractivity contribution in [1.82, 2.24) is 23.8 Å². The molecule has 2 amide bonds. The molecule has 2 N–H and O–H groups in total. The quantitative estimate of drug-likeness (QED) is 0.383. The molecular formula is C26H19N7O. The zero-order valence-electron chi connectivity index (χ0n) is 18.0. The largest absolute Gasteiger partial charge is 0.326 e. The van der Waals surface area contributed by atoms with Crippen molar-refractivity contribution in [3.8, 4) is 22.5 Å². The fourth-order valence-corrected chi connectivity index (χ4v) is 3.96. The number of urea groups is 1. The van der Waals surface area contributed by atoms with Crippen molar-refractivity contribution in [2.24, 2.45) is 0 Å². The summed E-state index contributed by atoms with van der Waals surface area (Å²) in [4.78, 5) is 27.0. The van der Waals surface area contributed by atoms with Gasteiger partial charge in [-0.1, -0.05) is 66.7 Å². The summed E-state index contributed by atoms with van der Waals surface area (Å²) in [6.45, 7) is 0. The number of hydrogen-bond donors (Lipinski definition) is 2. The third-order valence-electron chi connectivity index (χ3n) is 5.49. The summed E-state index contributed by atoms with van der Waals surface area (Å²) in [6.07, 6.45) is 5.37. The average molecular weight is 445 g/mol. The lowest BCUT2D eigenvalue weighted by atomic mass is 10.1. The molecule has 34 heavy (non-hydrogen) atoms. The van der Waals surface area contributed by atoms with Crippen LogP contribution < -0.4 is 10.6 Å². The molecule has 0 aliphatic carbocycles. The van der Waals surface area contributed by atoms with Crippen molar-refractivity contribution in [3.05, 3.63) is 104 Å². The highest BCUT2D eigenvalue weighted by atomic mass is 16.2. The van der Waals surface area contributed by atoms with Gasteiger partial charge in [0.05, 0.1) is 0 Å². The molecule has 164 valence electrons. The van der Waals surface area contributed by atoms with Crippen molar-refractivity contribution in [2.45, 2.75) is 0 Å². The van der Waals surface area contributed by atoms with Crippen LogP contribution in [-0.2, 0) is 0 Å². The second kappa shape index (κ2) is 8.18. The molecule has 0 unspecified atom stereocenters. The Balaban J connectivity index is 1.41. The van der Waals surface area contributed by atoms with Crippen LogP contribution in [0.3, 0.4) is 0 Å². The zero-order valence-corrected chi connectivity index (χ0v) is 18.0. The standard InChI is InChI=1S/C26H19N7O/c34-26(30-23-21(18-10-3-1-4-11-18)28-20-14-7-8-16-32(20)23)31-24-22(19-12-5-2-6-13-19)29-25-27-15-9-17-33(24)25/h1-17H,(H2,30,31,34). The molecular weight excluding hydrogens is 426 g/mol. The Hall–Kier alpha value is -4.98. The molecule has 0 bridgehead atoms. The van der Waals surface area contributed by atoms with Crippen LogP contribution in [0.1, 0.15) is 0 Å². The number of aromatic nitrogens is 5. The normalized spacial score (nSPS) is 11.1. The molecule has 0 saturated carbocycles. The zero-order chi connectivity index (χ0) is 22.9. The van der Waals surface area contributed by atoms with Gasteiger partial charge in [-0.3, -0.25) is 19.4 Å². The lowest BCUT2D eigenvalue weighted by Crippen LogP contribution is -2.22. The van der Waals surface area contributed by atoms with Crippen LogP contribution in [0.15, 0.2) is 104 Å². The van der Waals surface area contributed by atoms with E-state index in [9.17, 15) is 4.79 Å². The van der Waals surface area contributed by atoms with Gasteiger partial charge in [-0.2, -0.15) is 0 Å². The van der Waals surface area contributed by atoms with Crippen molar-refractivity contribution in [1.29, 1.82) is 0 Å². The van der Waals surface area contributed by atoms with E-state index in [2.05, 4.69) is 20.6 Å². The molecule has 6 aromatic rings. The molecule has 0 atom stereocenters. The first-order valence-electron chi connectivity index (χ1n) is 10.8. The highest BCUT2D eigenvalue weighted by molar-refractivity contribution is 6.03. The summed E-state index contributed by atoms with van der Waals surface area (Å²) in [5.74, 6) is 1.60. The number of fused-ring (bicyclic) bond motifs is 2. The Morgan fingerprint density at radius 1 is 0.647 bits per heavy atom. The van der Waals surface area contributed by atoms with Gasteiger partial charge in [-0.25, -0.2) is 19.7 Å². The number of hydrogen-bond acceptors (Lipinski definition) is 4. The Kier molecular flexibility index (Phi) is 4.73. The van der Waals surface area contributed by atoms with Crippen molar-refractivity contribution in [3.63, 3.8) is 0 Å². The Bertz CT molecular complexity index is 1500. The first-order chi connectivity index (χ1) is 16.8. The van der Waals surface area contributed by atoms with Crippen LogP contribution in [0.4, 0.5) is 16.4 Å². The van der Waals surface area contributed by atoms with E-state index in [1.165, 1.54) is 0 Å². The first kappa shape index (κ1) is 19.7. The van der Waals surface area contributed by atoms with Crippen molar-refractivity contribution < 1.29 is 4.79 Å². The average Bonchev–Trinajstić information content (AvgIpc) is 3.44. The predicted molar refractivity (Wildman–Crippen MR) is 132 cm³/mol. The minimum Gasteiger partial charge on any atom is -0.291 e. The molecule has 4 aromatic heterocycles. The van der Waals surface area contributed by atoms with Gasteiger partial charge in [-0.15, -0.1) is 0 Å². The Labute approximate surface area is 194 Å². The number of carbonyl (C=O) groups is 1. The van der Waals surface area contributed by atoms with Gasteiger partial charge in [-0.05, 0) is 18.2 Å². The maximum absolute atomic E-state index is 13.3. The van der Waals surface area contributed by atoms with E-state index in [0.29, 0.717) is 28.8 Å². The molecule has 0 saturated heterocycles. The minimum absolute atomic E-state index is 0.411. The van der Waals surface area contributed by atoms with Crippen LogP contribution in [-0.4, -0.2) is 29.8 Å². The molecule has 8 nitrogen and oxygen atoms in total. The smallest absolute Gasteiger partial charge is 0.291 e. The number of amides is 2. The molecule has 4 heterocycles. The van der Waals surface area contributed by atoms with Crippen LogP contribution in [0.25, 0.3) is 33.9 Å². The van der Waals surface area contributed by atoms with Gasteiger partial charge >= 0.3 is 6.03 Å². The third-order valence-corrected chi connectivity index (χ3v) is 5.49. The number of rotatable bonds is 4. The second-order valence-electron chi connectivity index (χ2n) is 7.65. The van der Waals surface area contributed by atoms with E-state index in [4.69, 9.17) is 4.98 Å². The molecule has 0 aliphatic heterocycles. The lowest BCUT2D eigenvalue weighted by Gasteiger charge is -2.11. The van der Waals surface area contributed by atoms with E-state index in [0.717, 1.165) is 16.8 Å². The van der Waals surface area contributed by atoms with E-state index in [1.807, 2.05) is 95.7 Å². The third kappa shape index (κ3) is 3.43. The van der Waals surface area contributed by atoms with Gasteiger partial charge in [0, 0.05) is 29.7 Å². The molecule has 8 heteroatoms. The number of nitrogens with zero attached hydrogens (tertiary/aromatic N) is 5. The molecule has 0 spiro atoms. The van der Waals surface area contributed by atoms with Crippen LogP contribution in [0.2, 0.25) is 0 Å². The SMILES string of the molecule is O=C(Nc1c(-c2ccccc2)nc2ccccn12)Nc1c(-c2ccccc2)nc2ncccn12. The first-order valence-corrected chi connectivity index (χ1v) is 10.8. The monoisotopic (exact) mass is 445 g/mol. The van der Waals surface area contributed by atoms with Gasteiger partial charge < -0.3 is 0 Å². The van der Waals surface area contributed by atoms with Gasteiger partial charge in [0.2, 0.25) is 5.78 Å². The van der Waals surface area contributed by atoms with E-state index < -0.39 is 6.03 Å². The van der Waals surface area contributed by atoms with Crippen molar-refractivity contribution >= 4 is 29.1 Å². The molecule has 6 rings (SSSR count). The van der Waals surface area contributed by atoms with Crippen LogP contribution in [0, 0.1) is 0 Å². The topological polar surface area (TPSA) is 88.6 Å². The molecule has 0 radical (unpaired) electrons. The summed E-state index contributed by atoms with van der Waals surface area (Å²) in [5, 5.41) is 5.99. The van der Waals surface area contributed by atoms with Crippen LogP contribution in [0.5, 0.6) is 0 Å². The number of carbonyl (C=O) groups excluding carboxylic acids is 1. The molecule has 0 aliphatic rings. The summed E-state index contributed by atoms with van der Waals surface area (Å²) in [5.41, 5.74) is 3.84. The van der Waals surface area contributed by atoms with E-state index >= 15 is 0 Å². The highest BCUT2D eigenvalue weighted by Gasteiger charge is 2.20. The Morgan fingerprint density at radius 2 is 1.24 bits per heavy atom. The maximum atomic E-state index is 13.3. The number of imidazole rings is 2. The summed E-state index contributed by atoms with van der Waals surface area (Å²) < 4.78 is 3.62. The Morgan fingerprint density at radius 3 is 1.94 bits per heavy atom. The fraction of sp³-hybridized carbons (Fsp3) is 0. The number of pyridine rings is 1. The van der Waals surface area contributed by atoms with E-state index in [1.54, 1.807) is 16.7 Å². The van der Waals surface area contributed by atoms with Gasteiger partial charge in [0.25, 0.3) is 0 Å². The number of anilines is 2. The molecule has 0 fully saturated rings. The van der Waals surface area contributed by atoms with Crippen LogP contribution >= 0.6 is 0 Å². The van der Waals surface area contributed by atoms with E-state index in [-0.39, 0.29) is 0 Å². The second-order valence-corrected chi connectivity index (χ2v) is 7.65. The van der Waals surface area contributed by atoms with Gasteiger partial charge in [0.15, 0.2) is 0 Å².